The Balaban J connectivity index is 1.87. The van der Waals surface area contributed by atoms with Crippen LogP contribution in [0.4, 0.5) is 5.69 Å². The summed E-state index contributed by atoms with van der Waals surface area (Å²) in [5, 5.41) is 15.9. The number of allylic oxidation sites excluding steroid dienone is 1. The monoisotopic (exact) mass is 449 g/mol. The van der Waals surface area contributed by atoms with E-state index in [9.17, 15) is 5.26 Å². The van der Waals surface area contributed by atoms with E-state index in [4.69, 9.17) is 23.2 Å². The molecule has 0 atom stereocenters. The fraction of sp³-hybridized carbons (Fsp3) is 0. The van der Waals surface area contributed by atoms with Crippen LogP contribution in [0.15, 0.2) is 58.5 Å². The zero-order chi connectivity index (χ0) is 17.8. The third kappa shape index (κ3) is 4.23. The Hall–Kier alpha value is -1.84. The first-order valence-electron chi connectivity index (χ1n) is 7.11. The Labute approximate surface area is 167 Å². The number of hydrogen-bond acceptors (Lipinski definition) is 4. The molecule has 0 bridgehead atoms. The second kappa shape index (κ2) is 8.03. The highest BCUT2D eigenvalue weighted by Crippen LogP contribution is 2.31. The van der Waals surface area contributed by atoms with Gasteiger partial charge in [-0.05, 0) is 24.3 Å². The molecule has 2 aromatic carbocycles. The zero-order valence-corrected chi connectivity index (χ0v) is 16.5. The lowest BCUT2D eigenvalue weighted by Gasteiger charge is -2.05. The maximum Gasteiger partial charge on any atom is 0.136 e. The Bertz CT molecular complexity index is 992. The first-order chi connectivity index (χ1) is 12.1. The largest absolute Gasteiger partial charge is 0.359 e. The van der Waals surface area contributed by atoms with Crippen molar-refractivity contribution in [3.8, 4) is 17.3 Å². The Morgan fingerprint density at radius 3 is 2.80 bits per heavy atom. The van der Waals surface area contributed by atoms with Crippen molar-refractivity contribution < 1.29 is 0 Å². The molecule has 0 saturated carbocycles. The van der Waals surface area contributed by atoms with Crippen LogP contribution in [0.1, 0.15) is 5.01 Å². The number of nitrogens with one attached hydrogen (secondary N) is 1. The van der Waals surface area contributed by atoms with Crippen LogP contribution >= 0.6 is 50.5 Å². The Morgan fingerprint density at radius 2 is 2.04 bits per heavy atom. The summed E-state index contributed by atoms with van der Waals surface area (Å²) >= 11 is 17.0. The molecule has 7 heteroatoms. The molecule has 0 fully saturated rings. The predicted octanol–water partition coefficient (Wildman–Crippen LogP) is 6.86. The summed E-state index contributed by atoms with van der Waals surface area (Å²) in [6.45, 7) is 0. The van der Waals surface area contributed by atoms with Gasteiger partial charge in [0, 0.05) is 21.6 Å². The lowest BCUT2D eigenvalue weighted by atomic mass is 10.2. The van der Waals surface area contributed by atoms with E-state index in [0.29, 0.717) is 26.3 Å². The molecule has 25 heavy (non-hydrogen) atoms. The molecule has 0 aliphatic rings. The highest BCUT2D eigenvalue weighted by molar-refractivity contribution is 9.10. The number of thiazole rings is 1. The molecule has 3 nitrogen and oxygen atoms in total. The summed E-state index contributed by atoms with van der Waals surface area (Å²) in [5.41, 5.74) is 2.86. The van der Waals surface area contributed by atoms with Crippen LogP contribution in [0.25, 0.3) is 16.8 Å². The van der Waals surface area contributed by atoms with Gasteiger partial charge in [-0.15, -0.1) is 11.3 Å². The molecule has 0 radical (unpaired) electrons. The topological polar surface area (TPSA) is 48.7 Å². The van der Waals surface area contributed by atoms with E-state index in [1.165, 1.54) is 11.3 Å². The number of benzene rings is 2. The van der Waals surface area contributed by atoms with Crippen LogP contribution < -0.4 is 5.32 Å². The summed E-state index contributed by atoms with van der Waals surface area (Å²) in [6, 6.07) is 15.3. The van der Waals surface area contributed by atoms with Gasteiger partial charge in [0.1, 0.15) is 16.6 Å². The number of nitrogens with zero attached hydrogens (tertiary/aromatic N) is 2. The lowest BCUT2D eigenvalue weighted by molar-refractivity contribution is 1.36. The van der Waals surface area contributed by atoms with Crippen molar-refractivity contribution in [1.29, 1.82) is 5.26 Å². The van der Waals surface area contributed by atoms with Crippen molar-refractivity contribution in [1.82, 2.24) is 4.98 Å². The standard InChI is InChI=1S/C18H10BrCl2N3S/c19-13-4-1-3-11(7-13)16-10-25-18(24-16)12(8-22)9-23-15-6-2-5-14(20)17(15)21/h1-7,9-10,23H. The third-order valence-corrected chi connectivity index (χ3v) is 5.49. The smallest absolute Gasteiger partial charge is 0.136 e. The molecule has 3 aromatic rings. The van der Waals surface area contributed by atoms with Gasteiger partial charge in [0.15, 0.2) is 0 Å². The van der Waals surface area contributed by atoms with Crippen molar-refractivity contribution in [2.45, 2.75) is 0 Å². The highest BCUT2D eigenvalue weighted by atomic mass is 79.9. The minimum Gasteiger partial charge on any atom is -0.359 e. The molecule has 0 spiro atoms. The van der Waals surface area contributed by atoms with E-state index < -0.39 is 0 Å². The second-order valence-electron chi connectivity index (χ2n) is 4.96. The van der Waals surface area contributed by atoms with Crippen molar-refractivity contribution in [3.63, 3.8) is 0 Å². The van der Waals surface area contributed by atoms with Crippen LogP contribution in [0, 0.1) is 11.3 Å². The Kier molecular flexibility index (Phi) is 5.77. The summed E-state index contributed by atoms with van der Waals surface area (Å²) in [5.74, 6) is 0. The molecular formula is C18H10BrCl2N3S. The number of halogens is 3. The molecule has 1 aromatic heterocycles. The van der Waals surface area contributed by atoms with E-state index >= 15 is 0 Å². The van der Waals surface area contributed by atoms with E-state index in [0.717, 1.165) is 15.7 Å². The van der Waals surface area contributed by atoms with Crippen LogP contribution in [0.2, 0.25) is 10.0 Å². The van der Waals surface area contributed by atoms with Crippen LogP contribution in [-0.2, 0) is 0 Å². The second-order valence-corrected chi connectivity index (χ2v) is 7.52. The van der Waals surface area contributed by atoms with E-state index in [1.54, 1.807) is 24.4 Å². The first-order valence-corrected chi connectivity index (χ1v) is 9.54. The molecule has 3 rings (SSSR count). The quantitative estimate of drug-likeness (QED) is 0.441. The minimum atomic E-state index is 0.409. The van der Waals surface area contributed by atoms with E-state index in [1.807, 2.05) is 29.6 Å². The number of hydrogen-bond donors (Lipinski definition) is 1. The summed E-state index contributed by atoms with van der Waals surface area (Å²) in [4.78, 5) is 4.55. The molecule has 0 aliphatic heterocycles. The number of anilines is 1. The number of rotatable bonds is 4. The van der Waals surface area contributed by atoms with Crippen LogP contribution in [-0.4, -0.2) is 4.98 Å². The Morgan fingerprint density at radius 1 is 1.24 bits per heavy atom. The number of nitriles is 1. The van der Waals surface area contributed by atoms with Gasteiger partial charge in [-0.3, -0.25) is 0 Å². The molecule has 1 N–H and O–H groups in total. The minimum absolute atomic E-state index is 0.409. The SMILES string of the molecule is N#CC(=CNc1cccc(Cl)c1Cl)c1nc(-c2cccc(Br)c2)cs1. The molecule has 124 valence electrons. The molecule has 0 unspecified atom stereocenters. The molecule has 1 heterocycles. The fourth-order valence-electron chi connectivity index (χ4n) is 2.08. The van der Waals surface area contributed by atoms with Crippen molar-refractivity contribution in [2.24, 2.45) is 0 Å². The van der Waals surface area contributed by atoms with Gasteiger partial charge in [0.25, 0.3) is 0 Å². The van der Waals surface area contributed by atoms with Crippen LogP contribution in [0.5, 0.6) is 0 Å². The average molecular weight is 451 g/mol. The lowest BCUT2D eigenvalue weighted by Crippen LogP contribution is -1.92. The van der Waals surface area contributed by atoms with Gasteiger partial charge in [-0.25, -0.2) is 4.98 Å². The van der Waals surface area contributed by atoms with Gasteiger partial charge in [0.05, 0.1) is 21.4 Å². The highest BCUT2D eigenvalue weighted by Gasteiger charge is 2.10. The molecule has 0 saturated heterocycles. The molecular weight excluding hydrogens is 441 g/mol. The predicted molar refractivity (Wildman–Crippen MR) is 109 cm³/mol. The first kappa shape index (κ1) is 18.0. The van der Waals surface area contributed by atoms with Crippen LogP contribution in [0.3, 0.4) is 0 Å². The van der Waals surface area contributed by atoms with E-state index in [-0.39, 0.29) is 0 Å². The summed E-state index contributed by atoms with van der Waals surface area (Å²) < 4.78 is 0.980. The normalized spacial score (nSPS) is 11.2. The molecule has 0 amide bonds. The van der Waals surface area contributed by atoms with Crippen molar-refractivity contribution in [2.75, 3.05) is 5.32 Å². The number of aromatic nitrogens is 1. The van der Waals surface area contributed by atoms with Gasteiger partial charge >= 0.3 is 0 Å². The van der Waals surface area contributed by atoms with Gasteiger partial charge in [0.2, 0.25) is 0 Å². The summed E-state index contributed by atoms with van der Waals surface area (Å²) in [6.07, 6.45) is 1.58. The zero-order valence-electron chi connectivity index (χ0n) is 12.6. The van der Waals surface area contributed by atoms with E-state index in [2.05, 4.69) is 32.3 Å². The van der Waals surface area contributed by atoms with Gasteiger partial charge in [-0.2, -0.15) is 5.26 Å². The summed E-state index contributed by atoms with van der Waals surface area (Å²) in [7, 11) is 0. The van der Waals surface area contributed by atoms with Crippen molar-refractivity contribution in [3.05, 3.63) is 73.6 Å². The maximum atomic E-state index is 9.45. The average Bonchev–Trinajstić information content (AvgIpc) is 3.09. The third-order valence-electron chi connectivity index (χ3n) is 3.30. The maximum absolute atomic E-state index is 9.45. The van der Waals surface area contributed by atoms with Gasteiger partial charge in [-0.1, -0.05) is 57.3 Å². The fourth-order valence-corrected chi connectivity index (χ4v) is 3.63. The van der Waals surface area contributed by atoms with Gasteiger partial charge < -0.3 is 5.32 Å². The molecule has 0 aliphatic carbocycles. The van der Waals surface area contributed by atoms with Crippen molar-refractivity contribution >= 4 is 61.7 Å².